The third-order valence-corrected chi connectivity index (χ3v) is 1.49. The Hall–Kier alpha value is -1.51. The molecule has 63 valence electrons. The maximum absolute atomic E-state index is 10.6. The normalized spacial score (nSPS) is 9.50. The zero-order valence-electron chi connectivity index (χ0n) is 6.70. The van der Waals surface area contributed by atoms with E-state index < -0.39 is 5.97 Å². The van der Waals surface area contributed by atoms with Gasteiger partial charge in [0.1, 0.15) is 11.3 Å². The van der Waals surface area contributed by atoms with Gasteiger partial charge < -0.3 is 9.84 Å². The molecule has 0 unspecified atom stereocenters. The summed E-state index contributed by atoms with van der Waals surface area (Å²) in [6.07, 6.45) is 0. The molecule has 1 aromatic rings. The maximum atomic E-state index is 10.6. The standard InChI is InChI=1S/C9H9O3/c1-6-3-4-8(12-2)7(5-6)9(10)11/h3-5H,1H2,2H3,(H,10,11). The van der Waals surface area contributed by atoms with E-state index in [9.17, 15) is 4.79 Å². The van der Waals surface area contributed by atoms with Gasteiger partial charge in [-0.2, -0.15) is 0 Å². The Morgan fingerprint density at radius 3 is 2.75 bits per heavy atom. The summed E-state index contributed by atoms with van der Waals surface area (Å²) < 4.78 is 4.85. The van der Waals surface area contributed by atoms with Crippen LogP contribution in [0.5, 0.6) is 5.75 Å². The lowest BCUT2D eigenvalue weighted by Gasteiger charge is -2.04. The molecule has 0 atom stereocenters. The van der Waals surface area contributed by atoms with Gasteiger partial charge >= 0.3 is 5.97 Å². The van der Waals surface area contributed by atoms with Gasteiger partial charge in [-0.15, -0.1) is 0 Å². The minimum Gasteiger partial charge on any atom is -0.496 e. The van der Waals surface area contributed by atoms with Crippen LogP contribution in [0.4, 0.5) is 0 Å². The fraction of sp³-hybridized carbons (Fsp3) is 0.111. The third-order valence-electron chi connectivity index (χ3n) is 1.49. The summed E-state index contributed by atoms with van der Waals surface area (Å²) in [5.41, 5.74) is 0.804. The largest absolute Gasteiger partial charge is 0.496 e. The number of hydrogen-bond donors (Lipinski definition) is 1. The van der Waals surface area contributed by atoms with Crippen molar-refractivity contribution in [3.05, 3.63) is 36.2 Å². The van der Waals surface area contributed by atoms with Crippen molar-refractivity contribution in [3.63, 3.8) is 0 Å². The van der Waals surface area contributed by atoms with E-state index in [1.165, 1.54) is 13.2 Å². The molecule has 0 saturated carbocycles. The predicted octanol–water partition coefficient (Wildman–Crippen LogP) is 1.58. The number of methoxy groups -OCH3 is 1. The van der Waals surface area contributed by atoms with Crippen molar-refractivity contribution in [1.29, 1.82) is 0 Å². The topological polar surface area (TPSA) is 46.5 Å². The number of hydrogen-bond acceptors (Lipinski definition) is 2. The van der Waals surface area contributed by atoms with Crippen molar-refractivity contribution in [2.75, 3.05) is 7.11 Å². The molecule has 1 rings (SSSR count). The van der Waals surface area contributed by atoms with Gasteiger partial charge in [0.25, 0.3) is 0 Å². The van der Waals surface area contributed by atoms with E-state index in [0.717, 1.165) is 0 Å². The Morgan fingerprint density at radius 1 is 1.58 bits per heavy atom. The summed E-state index contributed by atoms with van der Waals surface area (Å²) in [4.78, 5) is 10.6. The second-order valence-electron chi connectivity index (χ2n) is 2.34. The molecule has 0 amide bonds. The Bertz CT molecular complexity index is 305. The summed E-state index contributed by atoms with van der Waals surface area (Å²) in [7, 11) is 1.44. The van der Waals surface area contributed by atoms with Crippen LogP contribution in [0.3, 0.4) is 0 Å². The highest BCUT2D eigenvalue weighted by molar-refractivity contribution is 5.91. The number of carboxylic acid groups (broad SMARTS) is 1. The van der Waals surface area contributed by atoms with Crippen LogP contribution in [0.25, 0.3) is 0 Å². The van der Waals surface area contributed by atoms with Crippen molar-refractivity contribution in [2.45, 2.75) is 0 Å². The van der Waals surface area contributed by atoms with E-state index in [0.29, 0.717) is 11.3 Å². The predicted molar refractivity (Wildman–Crippen MR) is 44.4 cm³/mol. The van der Waals surface area contributed by atoms with E-state index in [1.54, 1.807) is 12.1 Å². The van der Waals surface area contributed by atoms with Gasteiger partial charge in [0.2, 0.25) is 0 Å². The summed E-state index contributed by atoms with van der Waals surface area (Å²) in [6, 6.07) is 4.76. The first-order valence-corrected chi connectivity index (χ1v) is 3.38. The molecule has 0 fully saturated rings. The molecule has 3 heteroatoms. The number of benzene rings is 1. The fourth-order valence-corrected chi connectivity index (χ4v) is 0.922. The molecule has 3 nitrogen and oxygen atoms in total. The molecule has 12 heavy (non-hydrogen) atoms. The molecule has 0 heterocycles. The maximum Gasteiger partial charge on any atom is 0.339 e. The summed E-state index contributed by atoms with van der Waals surface area (Å²) in [6.45, 7) is 3.62. The number of carboxylic acids is 1. The van der Waals surface area contributed by atoms with Gasteiger partial charge in [0.15, 0.2) is 0 Å². The molecular weight excluding hydrogens is 156 g/mol. The quantitative estimate of drug-likeness (QED) is 0.723. The Balaban J connectivity index is 3.21. The van der Waals surface area contributed by atoms with Gasteiger partial charge in [-0.05, 0) is 24.6 Å². The van der Waals surface area contributed by atoms with Crippen LogP contribution in [0, 0.1) is 6.92 Å². The summed E-state index contributed by atoms with van der Waals surface area (Å²) >= 11 is 0. The van der Waals surface area contributed by atoms with Gasteiger partial charge in [-0.1, -0.05) is 6.07 Å². The first-order valence-electron chi connectivity index (χ1n) is 3.38. The highest BCUT2D eigenvalue weighted by Crippen LogP contribution is 2.18. The van der Waals surface area contributed by atoms with Crippen LogP contribution in [-0.4, -0.2) is 18.2 Å². The summed E-state index contributed by atoms with van der Waals surface area (Å²) in [5.74, 6) is -0.646. The van der Waals surface area contributed by atoms with Crippen molar-refractivity contribution in [1.82, 2.24) is 0 Å². The first-order chi connectivity index (χ1) is 5.65. The average molecular weight is 165 g/mol. The lowest BCUT2D eigenvalue weighted by atomic mass is 10.1. The van der Waals surface area contributed by atoms with E-state index in [2.05, 4.69) is 6.92 Å². The number of carbonyl (C=O) groups is 1. The first kappa shape index (κ1) is 8.59. The third kappa shape index (κ3) is 1.56. The molecule has 1 aromatic carbocycles. The van der Waals surface area contributed by atoms with Crippen molar-refractivity contribution < 1.29 is 14.6 Å². The lowest BCUT2D eigenvalue weighted by Crippen LogP contribution is -2.00. The molecule has 0 aliphatic rings. The number of aromatic carboxylic acids is 1. The molecule has 0 bridgehead atoms. The van der Waals surface area contributed by atoms with Crippen molar-refractivity contribution >= 4 is 5.97 Å². The zero-order chi connectivity index (χ0) is 9.14. The van der Waals surface area contributed by atoms with Crippen LogP contribution >= 0.6 is 0 Å². The summed E-state index contributed by atoms with van der Waals surface area (Å²) in [5, 5.41) is 8.71. The molecule has 0 aromatic heterocycles. The molecule has 0 saturated heterocycles. The molecule has 1 N–H and O–H groups in total. The van der Waals surface area contributed by atoms with Crippen molar-refractivity contribution in [2.24, 2.45) is 0 Å². The van der Waals surface area contributed by atoms with Crippen LogP contribution in [0.2, 0.25) is 0 Å². The zero-order valence-corrected chi connectivity index (χ0v) is 6.70. The molecule has 0 aliphatic heterocycles. The van der Waals surface area contributed by atoms with E-state index in [4.69, 9.17) is 9.84 Å². The van der Waals surface area contributed by atoms with Crippen LogP contribution in [0.15, 0.2) is 18.2 Å². The highest BCUT2D eigenvalue weighted by Gasteiger charge is 2.09. The Kier molecular flexibility index (Phi) is 2.33. The smallest absolute Gasteiger partial charge is 0.339 e. The second kappa shape index (κ2) is 3.26. The minimum absolute atomic E-state index is 0.144. The van der Waals surface area contributed by atoms with E-state index in [1.807, 2.05) is 0 Å². The number of ether oxygens (including phenoxy) is 1. The van der Waals surface area contributed by atoms with Gasteiger partial charge in [0, 0.05) is 0 Å². The fourth-order valence-electron chi connectivity index (χ4n) is 0.922. The van der Waals surface area contributed by atoms with Gasteiger partial charge in [-0.25, -0.2) is 4.79 Å². The molecule has 0 aliphatic carbocycles. The van der Waals surface area contributed by atoms with Crippen LogP contribution < -0.4 is 4.74 Å². The van der Waals surface area contributed by atoms with Crippen LogP contribution in [-0.2, 0) is 0 Å². The van der Waals surface area contributed by atoms with Crippen LogP contribution in [0.1, 0.15) is 15.9 Å². The average Bonchev–Trinajstić information content (AvgIpc) is 2.04. The molecule has 0 spiro atoms. The van der Waals surface area contributed by atoms with Gasteiger partial charge in [0.05, 0.1) is 7.11 Å². The Morgan fingerprint density at radius 2 is 2.25 bits per heavy atom. The second-order valence-corrected chi connectivity index (χ2v) is 2.34. The number of rotatable bonds is 2. The molecular formula is C9H9O3. The SMILES string of the molecule is [CH2]c1ccc(OC)c(C(=O)O)c1. The minimum atomic E-state index is -1.00. The van der Waals surface area contributed by atoms with Gasteiger partial charge in [-0.3, -0.25) is 0 Å². The molecule has 1 radical (unpaired) electrons. The van der Waals surface area contributed by atoms with Crippen molar-refractivity contribution in [3.8, 4) is 5.75 Å². The Labute approximate surface area is 70.6 Å². The highest BCUT2D eigenvalue weighted by atomic mass is 16.5. The lowest BCUT2D eigenvalue weighted by molar-refractivity contribution is 0.0693. The van der Waals surface area contributed by atoms with E-state index in [-0.39, 0.29) is 5.56 Å². The van der Waals surface area contributed by atoms with E-state index >= 15 is 0 Å². The monoisotopic (exact) mass is 165 g/mol.